The first-order valence-corrected chi connectivity index (χ1v) is 4.53. The van der Waals surface area contributed by atoms with Crippen LogP contribution < -0.4 is 0 Å². The molecule has 12 heavy (non-hydrogen) atoms. The van der Waals surface area contributed by atoms with Crippen molar-refractivity contribution in [2.24, 2.45) is 0 Å². The lowest BCUT2D eigenvalue weighted by Gasteiger charge is -2.05. The van der Waals surface area contributed by atoms with Crippen molar-refractivity contribution in [1.82, 2.24) is 0 Å². The highest BCUT2D eigenvalue weighted by atomic mass is 14.0. The van der Waals surface area contributed by atoms with E-state index in [-0.39, 0.29) is 0 Å². The molecule has 0 unspecified atom stereocenters. The standard InChI is InChI=1S/C12H12/c1-2-4-8-12-10-6-5-9-11(12)7-3-1/h5-6,9-10H,1-3,7H2. The van der Waals surface area contributed by atoms with Gasteiger partial charge in [0.15, 0.2) is 0 Å². The molecule has 0 heterocycles. The molecule has 1 aromatic rings. The van der Waals surface area contributed by atoms with Gasteiger partial charge in [-0.25, -0.2) is 0 Å². The minimum absolute atomic E-state index is 1.06. The Balaban J connectivity index is 2.42. The maximum Gasteiger partial charge on any atom is 0.0277 e. The highest BCUT2D eigenvalue weighted by Crippen LogP contribution is 2.13. The number of aryl methyl sites for hydroxylation is 1. The fourth-order valence-electron chi connectivity index (χ4n) is 1.55. The Hall–Kier alpha value is -1.22. The molecule has 0 atom stereocenters. The molecule has 0 aliphatic heterocycles. The van der Waals surface area contributed by atoms with E-state index in [1.54, 1.807) is 0 Å². The van der Waals surface area contributed by atoms with Gasteiger partial charge in [-0.3, -0.25) is 0 Å². The maximum atomic E-state index is 3.22. The minimum Gasteiger partial charge on any atom is -0.0979 e. The Kier molecular flexibility index (Phi) is 2.14. The quantitative estimate of drug-likeness (QED) is 0.507. The molecule has 0 amide bonds. The van der Waals surface area contributed by atoms with Gasteiger partial charge in [0.05, 0.1) is 0 Å². The third kappa shape index (κ3) is 1.51. The molecule has 0 fully saturated rings. The summed E-state index contributed by atoms with van der Waals surface area (Å²) in [5.41, 5.74) is 2.65. The highest BCUT2D eigenvalue weighted by Gasteiger charge is 2.00. The van der Waals surface area contributed by atoms with Crippen LogP contribution in [0.25, 0.3) is 0 Å². The van der Waals surface area contributed by atoms with Gasteiger partial charge >= 0.3 is 0 Å². The largest absolute Gasteiger partial charge is 0.0979 e. The van der Waals surface area contributed by atoms with Gasteiger partial charge in [0.2, 0.25) is 0 Å². The average Bonchev–Trinajstić information content (AvgIpc) is 2.06. The van der Waals surface area contributed by atoms with Crippen LogP contribution in [0.1, 0.15) is 30.4 Å². The highest BCUT2D eigenvalue weighted by molar-refractivity contribution is 5.41. The fraction of sp³-hybridized carbons (Fsp3) is 0.333. The molecule has 60 valence electrons. The van der Waals surface area contributed by atoms with Gasteiger partial charge in [0.25, 0.3) is 0 Å². The van der Waals surface area contributed by atoms with Crippen LogP contribution in [0, 0.1) is 11.8 Å². The second-order valence-electron chi connectivity index (χ2n) is 3.17. The second kappa shape index (κ2) is 3.45. The fourth-order valence-corrected chi connectivity index (χ4v) is 1.55. The van der Waals surface area contributed by atoms with Crippen molar-refractivity contribution in [2.45, 2.75) is 25.7 Å². The van der Waals surface area contributed by atoms with Gasteiger partial charge in [-0.2, -0.15) is 0 Å². The van der Waals surface area contributed by atoms with Crippen LogP contribution in [0.15, 0.2) is 24.3 Å². The zero-order valence-corrected chi connectivity index (χ0v) is 7.14. The Morgan fingerprint density at radius 3 is 3.00 bits per heavy atom. The lowest BCUT2D eigenvalue weighted by molar-refractivity contribution is 0.752. The van der Waals surface area contributed by atoms with Crippen molar-refractivity contribution in [3.05, 3.63) is 35.4 Å². The first-order valence-electron chi connectivity index (χ1n) is 4.53. The maximum absolute atomic E-state index is 3.22. The van der Waals surface area contributed by atoms with E-state index in [2.05, 4.69) is 36.1 Å². The lowest BCUT2D eigenvalue weighted by Crippen LogP contribution is -1.92. The molecule has 0 nitrogen and oxygen atoms in total. The molecule has 0 bridgehead atoms. The Morgan fingerprint density at radius 2 is 2.00 bits per heavy atom. The summed E-state index contributed by atoms with van der Waals surface area (Å²) >= 11 is 0. The molecule has 0 radical (unpaired) electrons. The van der Waals surface area contributed by atoms with Gasteiger partial charge < -0.3 is 0 Å². The molecule has 2 rings (SSSR count). The van der Waals surface area contributed by atoms with Crippen LogP contribution >= 0.6 is 0 Å². The summed E-state index contributed by atoms with van der Waals surface area (Å²) in [6.45, 7) is 0. The Bertz CT molecular complexity index is 325. The van der Waals surface area contributed by atoms with Crippen LogP contribution in [0.4, 0.5) is 0 Å². The van der Waals surface area contributed by atoms with E-state index >= 15 is 0 Å². The summed E-state index contributed by atoms with van der Waals surface area (Å²) in [4.78, 5) is 0. The predicted molar refractivity (Wildman–Crippen MR) is 50.9 cm³/mol. The van der Waals surface area contributed by atoms with E-state index in [1.165, 1.54) is 30.4 Å². The van der Waals surface area contributed by atoms with E-state index in [9.17, 15) is 0 Å². The number of hydrogen-bond donors (Lipinski definition) is 0. The smallest absolute Gasteiger partial charge is 0.0277 e. The number of rotatable bonds is 0. The molecule has 0 N–H and O–H groups in total. The van der Waals surface area contributed by atoms with Crippen molar-refractivity contribution >= 4 is 0 Å². The summed E-state index contributed by atoms with van der Waals surface area (Å²) in [6.07, 6.45) is 4.80. The zero-order chi connectivity index (χ0) is 8.23. The van der Waals surface area contributed by atoms with Crippen LogP contribution in [-0.4, -0.2) is 0 Å². The number of fused-ring (bicyclic) bond motifs is 1. The molecule has 1 aliphatic rings. The van der Waals surface area contributed by atoms with E-state index < -0.39 is 0 Å². The number of benzene rings is 1. The van der Waals surface area contributed by atoms with Crippen LogP contribution in [0.2, 0.25) is 0 Å². The summed E-state index contributed by atoms with van der Waals surface area (Å²) in [5, 5.41) is 0. The summed E-state index contributed by atoms with van der Waals surface area (Å²) < 4.78 is 0. The van der Waals surface area contributed by atoms with E-state index in [0.717, 1.165) is 6.42 Å². The molecular weight excluding hydrogens is 144 g/mol. The van der Waals surface area contributed by atoms with Crippen LogP contribution in [-0.2, 0) is 6.42 Å². The summed E-state index contributed by atoms with van der Waals surface area (Å²) in [7, 11) is 0. The normalized spacial score (nSPS) is 15.0. The first kappa shape index (κ1) is 7.43. The zero-order valence-electron chi connectivity index (χ0n) is 7.14. The minimum atomic E-state index is 1.06. The predicted octanol–water partition coefficient (Wildman–Crippen LogP) is 2.76. The van der Waals surface area contributed by atoms with Gasteiger partial charge in [-0.15, -0.1) is 0 Å². The molecule has 0 aromatic heterocycles. The van der Waals surface area contributed by atoms with E-state index in [1.807, 2.05) is 0 Å². The molecule has 0 saturated carbocycles. The Morgan fingerprint density at radius 1 is 1.08 bits per heavy atom. The van der Waals surface area contributed by atoms with Crippen LogP contribution in [0.5, 0.6) is 0 Å². The first-order chi connectivity index (χ1) is 5.97. The summed E-state index contributed by atoms with van der Waals surface area (Å²) in [5.74, 6) is 6.41. The van der Waals surface area contributed by atoms with E-state index in [0.29, 0.717) is 0 Å². The van der Waals surface area contributed by atoms with Gasteiger partial charge in [-0.1, -0.05) is 30.0 Å². The van der Waals surface area contributed by atoms with Gasteiger partial charge in [0.1, 0.15) is 0 Å². The van der Waals surface area contributed by atoms with Crippen molar-refractivity contribution in [2.75, 3.05) is 0 Å². The Labute approximate surface area is 73.6 Å². The third-order valence-corrected chi connectivity index (χ3v) is 2.24. The molecule has 0 heteroatoms. The van der Waals surface area contributed by atoms with E-state index in [4.69, 9.17) is 0 Å². The third-order valence-electron chi connectivity index (χ3n) is 2.24. The van der Waals surface area contributed by atoms with Crippen molar-refractivity contribution in [3.8, 4) is 11.8 Å². The molecule has 0 saturated heterocycles. The summed E-state index contributed by atoms with van der Waals surface area (Å²) in [6, 6.07) is 8.47. The van der Waals surface area contributed by atoms with Crippen LogP contribution in [0.3, 0.4) is 0 Å². The van der Waals surface area contributed by atoms with Crippen molar-refractivity contribution < 1.29 is 0 Å². The monoisotopic (exact) mass is 156 g/mol. The van der Waals surface area contributed by atoms with Crippen molar-refractivity contribution in [3.63, 3.8) is 0 Å². The second-order valence-corrected chi connectivity index (χ2v) is 3.17. The molecule has 1 aromatic carbocycles. The molecule has 1 aliphatic carbocycles. The van der Waals surface area contributed by atoms with Gasteiger partial charge in [-0.05, 0) is 30.9 Å². The average molecular weight is 156 g/mol. The molecule has 0 spiro atoms. The molecular formula is C12H12. The number of hydrogen-bond acceptors (Lipinski definition) is 0. The SMILES string of the molecule is C1#Cc2ccccc2CCCC1. The van der Waals surface area contributed by atoms with Crippen molar-refractivity contribution in [1.29, 1.82) is 0 Å². The van der Waals surface area contributed by atoms with Gasteiger partial charge in [0, 0.05) is 12.0 Å². The topological polar surface area (TPSA) is 0 Å². The lowest BCUT2D eigenvalue weighted by atomic mass is 9.99.